The number of carbonyl (C=O) groups excluding carboxylic acids is 1. The van der Waals surface area contributed by atoms with Crippen molar-refractivity contribution in [3.8, 4) is 0 Å². The quantitative estimate of drug-likeness (QED) is 0.922. The van der Waals surface area contributed by atoms with Crippen LogP contribution in [0.2, 0.25) is 0 Å². The molecule has 2 heterocycles. The minimum absolute atomic E-state index is 0.239. The van der Waals surface area contributed by atoms with Gasteiger partial charge in [-0.3, -0.25) is 4.79 Å². The van der Waals surface area contributed by atoms with Crippen molar-refractivity contribution in [2.75, 3.05) is 6.54 Å². The number of hydrogen-bond donors (Lipinski definition) is 1. The van der Waals surface area contributed by atoms with Gasteiger partial charge in [0, 0.05) is 12.2 Å². The van der Waals surface area contributed by atoms with Crippen molar-refractivity contribution in [3.05, 3.63) is 58.9 Å². The van der Waals surface area contributed by atoms with E-state index in [-0.39, 0.29) is 24.3 Å². The number of benzene rings is 1. The molecule has 0 spiro atoms. The zero-order valence-corrected chi connectivity index (χ0v) is 13.0. The molecular weight excluding hydrogens is 297 g/mol. The number of aromatic nitrogens is 2. The van der Waals surface area contributed by atoms with Crippen LogP contribution < -0.4 is 0 Å². The largest absolute Gasteiger partial charge is 0.391 e. The lowest BCUT2D eigenvalue weighted by atomic mass is 10.0. The molecule has 23 heavy (non-hydrogen) atoms. The molecule has 1 N–H and O–H groups in total. The summed E-state index contributed by atoms with van der Waals surface area (Å²) in [5, 5.41) is 9.99. The van der Waals surface area contributed by atoms with Crippen LogP contribution >= 0.6 is 0 Å². The maximum absolute atomic E-state index is 13.1. The number of halogens is 1. The van der Waals surface area contributed by atoms with E-state index in [1.165, 1.54) is 12.1 Å². The van der Waals surface area contributed by atoms with Gasteiger partial charge in [0.15, 0.2) is 0 Å². The Labute approximate surface area is 133 Å². The van der Waals surface area contributed by atoms with Gasteiger partial charge in [-0.2, -0.15) is 0 Å². The van der Waals surface area contributed by atoms with Crippen molar-refractivity contribution in [1.29, 1.82) is 0 Å². The van der Waals surface area contributed by atoms with Gasteiger partial charge in [-0.1, -0.05) is 12.1 Å². The molecule has 0 radical (unpaired) electrons. The number of β-amino-alcohol motifs (C(OH)–C–C–N with tert-alkyl or cyclic N) is 1. The number of aryl methyl sites for hydroxylation is 2. The Kier molecular flexibility index (Phi) is 4.09. The van der Waals surface area contributed by atoms with Gasteiger partial charge in [0.2, 0.25) is 0 Å². The van der Waals surface area contributed by atoms with E-state index in [2.05, 4.69) is 9.97 Å². The summed E-state index contributed by atoms with van der Waals surface area (Å²) in [6, 6.07) is 7.38. The molecule has 2 aromatic rings. The highest BCUT2D eigenvalue weighted by atomic mass is 19.1. The third-order valence-electron chi connectivity index (χ3n) is 3.98. The fraction of sp³-hybridized carbons (Fsp3) is 0.353. The van der Waals surface area contributed by atoms with Crippen LogP contribution in [0, 0.1) is 19.7 Å². The Morgan fingerprint density at radius 3 is 2.61 bits per heavy atom. The van der Waals surface area contributed by atoms with Crippen LogP contribution in [0.25, 0.3) is 0 Å². The SMILES string of the molecule is Cc1cc(C(=O)N2C[C@@H](O)C[C@H]2c2ccc(F)cc2)nc(C)n1. The zero-order chi connectivity index (χ0) is 16.6. The molecule has 3 rings (SSSR count). The number of nitrogens with zero attached hydrogens (tertiary/aromatic N) is 3. The number of hydrogen-bond acceptors (Lipinski definition) is 4. The molecule has 1 amide bonds. The Bertz CT molecular complexity index is 713. The number of carbonyl (C=O) groups is 1. The Balaban J connectivity index is 1.92. The summed E-state index contributed by atoms with van der Waals surface area (Å²) in [5.41, 5.74) is 1.84. The molecular formula is C17H18FN3O2. The normalized spacial score (nSPS) is 20.8. The first kappa shape index (κ1) is 15.6. The number of aliphatic hydroxyl groups excluding tert-OH is 1. The van der Waals surface area contributed by atoms with Crippen LogP contribution in [0.4, 0.5) is 4.39 Å². The van der Waals surface area contributed by atoms with E-state index in [0.29, 0.717) is 17.9 Å². The van der Waals surface area contributed by atoms with E-state index in [9.17, 15) is 14.3 Å². The summed E-state index contributed by atoms with van der Waals surface area (Å²) in [4.78, 5) is 22.8. The first-order valence-corrected chi connectivity index (χ1v) is 7.51. The van der Waals surface area contributed by atoms with Crippen LogP contribution in [-0.4, -0.2) is 38.5 Å². The maximum Gasteiger partial charge on any atom is 0.273 e. The number of rotatable bonds is 2. The summed E-state index contributed by atoms with van der Waals surface area (Å²) in [5.74, 6) is -0.0388. The van der Waals surface area contributed by atoms with Gasteiger partial charge >= 0.3 is 0 Å². The van der Waals surface area contributed by atoms with Crippen molar-refractivity contribution >= 4 is 5.91 Å². The highest BCUT2D eigenvalue weighted by molar-refractivity contribution is 5.93. The van der Waals surface area contributed by atoms with Crippen molar-refractivity contribution in [1.82, 2.24) is 14.9 Å². The van der Waals surface area contributed by atoms with Crippen LogP contribution in [0.1, 0.15) is 40.0 Å². The minimum atomic E-state index is -0.599. The third kappa shape index (κ3) is 3.22. The van der Waals surface area contributed by atoms with E-state index in [1.54, 1.807) is 30.0 Å². The molecule has 0 saturated carbocycles. The average Bonchev–Trinajstić information content (AvgIpc) is 2.88. The standard InChI is InChI=1S/C17H18FN3O2/c1-10-7-15(20-11(2)19-10)17(23)21-9-14(22)8-16(21)12-3-5-13(18)6-4-12/h3-7,14,16,22H,8-9H2,1-2H3/t14-,16-/m0/s1. The molecule has 5 nitrogen and oxygen atoms in total. The lowest BCUT2D eigenvalue weighted by Gasteiger charge is -2.24. The molecule has 1 aromatic carbocycles. The second kappa shape index (κ2) is 6.04. The lowest BCUT2D eigenvalue weighted by molar-refractivity contribution is 0.0709. The average molecular weight is 315 g/mol. The molecule has 6 heteroatoms. The highest BCUT2D eigenvalue weighted by Gasteiger charge is 2.36. The second-order valence-corrected chi connectivity index (χ2v) is 5.86. The predicted molar refractivity (Wildman–Crippen MR) is 82.3 cm³/mol. The molecule has 1 aliphatic heterocycles. The number of likely N-dealkylation sites (tertiary alicyclic amines) is 1. The van der Waals surface area contributed by atoms with Gasteiger partial charge in [-0.05, 0) is 44.0 Å². The molecule has 0 unspecified atom stereocenters. The molecule has 1 aliphatic rings. The second-order valence-electron chi connectivity index (χ2n) is 5.86. The molecule has 1 fully saturated rings. The van der Waals surface area contributed by atoms with E-state index < -0.39 is 6.10 Å². The monoisotopic (exact) mass is 315 g/mol. The van der Waals surface area contributed by atoms with Crippen LogP contribution in [0.15, 0.2) is 30.3 Å². The highest BCUT2D eigenvalue weighted by Crippen LogP contribution is 2.33. The van der Waals surface area contributed by atoms with Gasteiger partial charge < -0.3 is 10.0 Å². The molecule has 0 aliphatic carbocycles. The van der Waals surface area contributed by atoms with Crippen molar-refractivity contribution in [2.24, 2.45) is 0 Å². The molecule has 1 aromatic heterocycles. The molecule has 0 bridgehead atoms. The first-order valence-electron chi connectivity index (χ1n) is 7.51. The van der Waals surface area contributed by atoms with Crippen molar-refractivity contribution < 1.29 is 14.3 Å². The van der Waals surface area contributed by atoms with Gasteiger partial charge in [0.1, 0.15) is 17.3 Å². The van der Waals surface area contributed by atoms with E-state index in [0.717, 1.165) is 11.3 Å². The van der Waals surface area contributed by atoms with Crippen LogP contribution in [0.5, 0.6) is 0 Å². The van der Waals surface area contributed by atoms with Gasteiger partial charge in [0.05, 0.1) is 12.1 Å². The third-order valence-corrected chi connectivity index (χ3v) is 3.98. The molecule has 2 atom stereocenters. The number of amides is 1. The Morgan fingerprint density at radius 2 is 1.96 bits per heavy atom. The molecule has 120 valence electrons. The summed E-state index contributed by atoms with van der Waals surface area (Å²) in [6.07, 6.45) is -0.168. The van der Waals surface area contributed by atoms with E-state index in [1.807, 2.05) is 6.92 Å². The van der Waals surface area contributed by atoms with E-state index >= 15 is 0 Å². The summed E-state index contributed by atoms with van der Waals surface area (Å²) >= 11 is 0. The van der Waals surface area contributed by atoms with Crippen LogP contribution in [-0.2, 0) is 0 Å². The van der Waals surface area contributed by atoms with Crippen LogP contribution in [0.3, 0.4) is 0 Å². The fourth-order valence-electron chi connectivity index (χ4n) is 3.01. The fourth-order valence-corrected chi connectivity index (χ4v) is 3.01. The minimum Gasteiger partial charge on any atom is -0.391 e. The van der Waals surface area contributed by atoms with Gasteiger partial charge in [-0.25, -0.2) is 14.4 Å². The van der Waals surface area contributed by atoms with Crippen molar-refractivity contribution in [3.63, 3.8) is 0 Å². The first-order chi connectivity index (χ1) is 10.9. The number of aliphatic hydroxyl groups is 1. The Morgan fingerprint density at radius 1 is 1.26 bits per heavy atom. The topological polar surface area (TPSA) is 66.3 Å². The summed E-state index contributed by atoms with van der Waals surface area (Å²) in [6.45, 7) is 3.78. The summed E-state index contributed by atoms with van der Waals surface area (Å²) in [7, 11) is 0. The lowest BCUT2D eigenvalue weighted by Crippen LogP contribution is -2.32. The van der Waals surface area contributed by atoms with Gasteiger partial charge in [0.25, 0.3) is 5.91 Å². The predicted octanol–water partition coefficient (Wildman–Crippen LogP) is 2.18. The Hall–Kier alpha value is -2.34. The van der Waals surface area contributed by atoms with Gasteiger partial charge in [-0.15, -0.1) is 0 Å². The summed E-state index contributed by atoms with van der Waals surface area (Å²) < 4.78 is 13.1. The zero-order valence-electron chi connectivity index (χ0n) is 13.0. The van der Waals surface area contributed by atoms with E-state index in [4.69, 9.17) is 0 Å². The van der Waals surface area contributed by atoms with Crippen molar-refractivity contribution in [2.45, 2.75) is 32.4 Å². The maximum atomic E-state index is 13.1. The molecule has 1 saturated heterocycles. The smallest absolute Gasteiger partial charge is 0.273 e.